The summed E-state index contributed by atoms with van der Waals surface area (Å²) in [4.78, 5) is 31.5. The largest absolute Gasteiger partial charge is 0.463 e. The minimum absolute atomic E-state index is 0.277. The monoisotopic (exact) mass is 414 g/mol. The molecule has 4 aromatic rings. The smallest absolute Gasteiger partial charge is 0.339 e. The van der Waals surface area contributed by atoms with Crippen molar-refractivity contribution in [2.75, 3.05) is 13.7 Å². The number of likely N-dealkylation sites (N-methyl/N-ethyl adjacent to an activating group) is 1. The number of furan rings is 1. The number of esters is 1. The van der Waals surface area contributed by atoms with Crippen molar-refractivity contribution in [3.05, 3.63) is 89.7 Å². The molecule has 0 saturated carbocycles. The molecule has 2 aromatic carbocycles. The third-order valence-electron chi connectivity index (χ3n) is 5.13. The van der Waals surface area contributed by atoms with Gasteiger partial charge in [0, 0.05) is 19.0 Å². The average molecular weight is 414 g/mol. The first-order valence-electron chi connectivity index (χ1n) is 9.92. The van der Waals surface area contributed by atoms with Gasteiger partial charge in [-0.15, -0.1) is 0 Å². The standard InChI is InChI=1S/C25H22N2O4/c1-17-8-3-4-9-18(17)15-27(2)24(28)16-31-25(29)20-14-22(23-12-7-13-30-23)26-21-11-6-5-10-19(20)21/h3-14H,15-16H2,1-2H3. The lowest BCUT2D eigenvalue weighted by atomic mass is 10.1. The maximum atomic E-state index is 12.9. The number of carbonyl (C=O) groups is 2. The highest BCUT2D eigenvalue weighted by molar-refractivity contribution is 6.05. The maximum absolute atomic E-state index is 12.9. The van der Waals surface area contributed by atoms with Gasteiger partial charge in [-0.25, -0.2) is 9.78 Å². The van der Waals surface area contributed by atoms with E-state index in [0.29, 0.717) is 34.5 Å². The Balaban J connectivity index is 1.50. The summed E-state index contributed by atoms with van der Waals surface area (Å²) in [7, 11) is 1.69. The van der Waals surface area contributed by atoms with Gasteiger partial charge in [-0.2, -0.15) is 0 Å². The van der Waals surface area contributed by atoms with E-state index in [0.717, 1.165) is 11.1 Å². The van der Waals surface area contributed by atoms with Crippen molar-refractivity contribution in [3.8, 4) is 11.5 Å². The van der Waals surface area contributed by atoms with E-state index < -0.39 is 5.97 Å². The van der Waals surface area contributed by atoms with E-state index in [1.54, 1.807) is 42.5 Å². The summed E-state index contributed by atoms with van der Waals surface area (Å²) < 4.78 is 10.8. The molecule has 0 atom stereocenters. The van der Waals surface area contributed by atoms with Crippen molar-refractivity contribution < 1.29 is 18.7 Å². The van der Waals surface area contributed by atoms with Gasteiger partial charge in [0.1, 0.15) is 5.69 Å². The van der Waals surface area contributed by atoms with Crippen LogP contribution in [0.4, 0.5) is 0 Å². The fourth-order valence-corrected chi connectivity index (χ4v) is 3.34. The van der Waals surface area contributed by atoms with Crippen LogP contribution in [-0.2, 0) is 16.1 Å². The van der Waals surface area contributed by atoms with Gasteiger partial charge >= 0.3 is 5.97 Å². The summed E-state index contributed by atoms with van der Waals surface area (Å²) in [6.45, 7) is 2.11. The number of rotatable bonds is 6. The van der Waals surface area contributed by atoms with Gasteiger partial charge in [0.2, 0.25) is 0 Å². The number of amides is 1. The molecular formula is C25H22N2O4. The number of para-hydroxylation sites is 1. The summed E-state index contributed by atoms with van der Waals surface area (Å²) >= 11 is 0. The van der Waals surface area contributed by atoms with E-state index in [9.17, 15) is 9.59 Å². The van der Waals surface area contributed by atoms with Crippen molar-refractivity contribution >= 4 is 22.8 Å². The topological polar surface area (TPSA) is 72.6 Å². The Hall–Kier alpha value is -3.93. The van der Waals surface area contributed by atoms with Gasteiger partial charge in [-0.05, 0) is 42.3 Å². The number of hydrogen-bond acceptors (Lipinski definition) is 5. The summed E-state index contributed by atoms with van der Waals surface area (Å²) in [5.74, 6) is -0.306. The molecule has 0 bridgehead atoms. The highest BCUT2D eigenvalue weighted by Crippen LogP contribution is 2.25. The molecule has 0 aliphatic heterocycles. The van der Waals surface area contributed by atoms with Crippen LogP contribution in [0, 0.1) is 6.92 Å². The fourth-order valence-electron chi connectivity index (χ4n) is 3.34. The number of aryl methyl sites for hydroxylation is 1. The van der Waals surface area contributed by atoms with Gasteiger partial charge in [0.05, 0.1) is 17.3 Å². The minimum Gasteiger partial charge on any atom is -0.463 e. The SMILES string of the molecule is Cc1ccccc1CN(C)C(=O)COC(=O)c1cc(-c2ccco2)nc2ccccc12. The second-order valence-corrected chi connectivity index (χ2v) is 7.30. The highest BCUT2D eigenvalue weighted by atomic mass is 16.5. The molecule has 0 spiro atoms. The molecule has 1 amide bonds. The summed E-state index contributed by atoms with van der Waals surface area (Å²) in [5.41, 5.74) is 3.66. The van der Waals surface area contributed by atoms with Crippen LogP contribution in [0.3, 0.4) is 0 Å². The second-order valence-electron chi connectivity index (χ2n) is 7.30. The van der Waals surface area contributed by atoms with Crippen molar-refractivity contribution in [3.63, 3.8) is 0 Å². The number of fused-ring (bicyclic) bond motifs is 1. The molecule has 6 heteroatoms. The van der Waals surface area contributed by atoms with Gasteiger partial charge in [-0.1, -0.05) is 42.5 Å². The number of hydrogen-bond donors (Lipinski definition) is 0. The normalized spacial score (nSPS) is 10.8. The maximum Gasteiger partial charge on any atom is 0.339 e. The highest BCUT2D eigenvalue weighted by Gasteiger charge is 2.18. The Morgan fingerprint density at radius 3 is 2.58 bits per heavy atom. The van der Waals surface area contributed by atoms with Crippen molar-refractivity contribution in [1.82, 2.24) is 9.88 Å². The van der Waals surface area contributed by atoms with Crippen molar-refractivity contribution in [2.45, 2.75) is 13.5 Å². The number of ether oxygens (including phenoxy) is 1. The van der Waals surface area contributed by atoms with Gasteiger partial charge in [-0.3, -0.25) is 4.79 Å². The van der Waals surface area contributed by atoms with Gasteiger partial charge < -0.3 is 14.1 Å². The van der Waals surface area contributed by atoms with Crippen LogP contribution in [-0.4, -0.2) is 35.4 Å². The lowest BCUT2D eigenvalue weighted by Gasteiger charge is -2.18. The third kappa shape index (κ3) is 4.48. The predicted octanol–water partition coefficient (Wildman–Crippen LogP) is 4.62. The molecular weight excluding hydrogens is 392 g/mol. The van der Waals surface area contributed by atoms with E-state index in [1.807, 2.05) is 49.4 Å². The summed E-state index contributed by atoms with van der Waals surface area (Å²) in [6.07, 6.45) is 1.55. The van der Waals surface area contributed by atoms with E-state index in [-0.39, 0.29) is 12.5 Å². The van der Waals surface area contributed by atoms with Crippen LogP contribution in [0.1, 0.15) is 21.5 Å². The number of aromatic nitrogens is 1. The molecule has 0 fully saturated rings. The van der Waals surface area contributed by atoms with Crippen molar-refractivity contribution in [2.24, 2.45) is 0 Å². The van der Waals surface area contributed by atoms with Gasteiger partial charge in [0.15, 0.2) is 12.4 Å². The molecule has 0 aliphatic rings. The van der Waals surface area contributed by atoms with Gasteiger partial charge in [0.25, 0.3) is 5.91 Å². The van der Waals surface area contributed by atoms with Crippen LogP contribution >= 0.6 is 0 Å². The molecule has 4 rings (SSSR count). The predicted molar refractivity (Wildman–Crippen MR) is 117 cm³/mol. The number of nitrogens with zero attached hydrogens (tertiary/aromatic N) is 2. The molecule has 2 aromatic heterocycles. The van der Waals surface area contributed by atoms with Crippen LogP contribution in [0.25, 0.3) is 22.4 Å². The van der Waals surface area contributed by atoms with Crippen LogP contribution < -0.4 is 0 Å². The Morgan fingerprint density at radius 1 is 1.03 bits per heavy atom. The van der Waals surface area contributed by atoms with Crippen LogP contribution in [0.5, 0.6) is 0 Å². The van der Waals surface area contributed by atoms with E-state index >= 15 is 0 Å². The van der Waals surface area contributed by atoms with E-state index in [4.69, 9.17) is 9.15 Å². The zero-order valence-corrected chi connectivity index (χ0v) is 17.4. The molecule has 0 aliphatic carbocycles. The number of pyridine rings is 1. The molecule has 6 nitrogen and oxygen atoms in total. The summed E-state index contributed by atoms with van der Waals surface area (Å²) in [5, 5.41) is 0.656. The fraction of sp³-hybridized carbons (Fsp3) is 0.160. The van der Waals surface area contributed by atoms with Crippen molar-refractivity contribution in [1.29, 1.82) is 0 Å². The molecule has 0 unspecified atom stereocenters. The molecule has 0 radical (unpaired) electrons. The minimum atomic E-state index is -0.580. The Labute approximate surface area is 180 Å². The zero-order chi connectivity index (χ0) is 21.8. The average Bonchev–Trinajstić information content (AvgIpc) is 3.33. The third-order valence-corrected chi connectivity index (χ3v) is 5.13. The lowest BCUT2D eigenvalue weighted by molar-refractivity contribution is -0.133. The second kappa shape index (κ2) is 8.83. The molecule has 0 saturated heterocycles. The van der Waals surface area contributed by atoms with Crippen LogP contribution in [0.2, 0.25) is 0 Å². The number of benzene rings is 2. The lowest BCUT2D eigenvalue weighted by Crippen LogP contribution is -2.31. The first kappa shape index (κ1) is 20.3. The molecule has 31 heavy (non-hydrogen) atoms. The quantitative estimate of drug-likeness (QED) is 0.431. The first-order chi connectivity index (χ1) is 15.0. The Kier molecular flexibility index (Phi) is 5.80. The Morgan fingerprint density at radius 2 is 1.81 bits per heavy atom. The molecule has 2 heterocycles. The Bertz CT molecular complexity index is 1230. The molecule has 0 N–H and O–H groups in total. The summed E-state index contributed by atoms with van der Waals surface area (Å²) in [6, 6.07) is 20.3. The van der Waals surface area contributed by atoms with E-state index in [1.165, 1.54) is 0 Å². The first-order valence-corrected chi connectivity index (χ1v) is 9.92. The van der Waals surface area contributed by atoms with E-state index in [2.05, 4.69) is 4.98 Å². The molecule has 156 valence electrons. The zero-order valence-electron chi connectivity index (χ0n) is 17.4. The van der Waals surface area contributed by atoms with Crippen LogP contribution in [0.15, 0.2) is 77.4 Å². The number of carbonyl (C=O) groups excluding carboxylic acids is 2.